The van der Waals surface area contributed by atoms with Crippen molar-refractivity contribution in [1.82, 2.24) is 0 Å². The number of unbranched alkanes of at least 4 members (excludes halogenated alkanes) is 9. The molecule has 0 aliphatic rings. The van der Waals surface area contributed by atoms with Crippen LogP contribution < -0.4 is 0 Å². The van der Waals surface area contributed by atoms with Gasteiger partial charge in [0.05, 0.1) is 0 Å². The van der Waals surface area contributed by atoms with Gasteiger partial charge in [-0.05, 0) is 25.7 Å². The van der Waals surface area contributed by atoms with E-state index < -0.39 is 11.9 Å². The van der Waals surface area contributed by atoms with Crippen LogP contribution in [0.1, 0.15) is 83.5 Å². The van der Waals surface area contributed by atoms with Crippen molar-refractivity contribution in [1.29, 1.82) is 0 Å². The average Bonchev–Trinajstić information content (AvgIpc) is 2.46. The Kier molecular flexibility index (Phi) is 15.5. The van der Waals surface area contributed by atoms with Gasteiger partial charge in [0.1, 0.15) is 0 Å². The van der Waals surface area contributed by atoms with Gasteiger partial charge >= 0.3 is 11.9 Å². The van der Waals surface area contributed by atoms with Crippen molar-refractivity contribution >= 4 is 11.9 Å². The molecule has 5 nitrogen and oxygen atoms in total. The predicted octanol–water partition coefficient (Wildman–Crippen LogP) is 4.24. The number of hydrogen-bond donors (Lipinski definition) is 2. The fourth-order valence-corrected chi connectivity index (χ4v) is 2.30. The van der Waals surface area contributed by atoms with Crippen LogP contribution >= 0.6 is 0 Å². The summed E-state index contributed by atoms with van der Waals surface area (Å²) in [7, 11) is 0. The zero-order chi connectivity index (χ0) is 16.5. The fraction of sp³-hybridized carbons (Fsp3) is 0.882. The Bertz CT molecular complexity index is 250. The van der Waals surface area contributed by atoms with Gasteiger partial charge in [-0.1, -0.05) is 44.9 Å². The summed E-state index contributed by atoms with van der Waals surface area (Å²) in [6.07, 6.45) is 11.9. The Hall–Kier alpha value is -1.10. The van der Waals surface area contributed by atoms with Crippen LogP contribution in [0.2, 0.25) is 0 Å². The molecule has 0 fully saturated rings. The lowest BCUT2D eigenvalue weighted by molar-refractivity contribution is -0.138. The highest BCUT2D eigenvalue weighted by Gasteiger charge is 1.98. The van der Waals surface area contributed by atoms with E-state index in [4.69, 9.17) is 14.9 Å². The monoisotopic (exact) mass is 316 g/mol. The Morgan fingerprint density at radius 2 is 0.864 bits per heavy atom. The quantitative estimate of drug-likeness (QED) is 0.392. The zero-order valence-corrected chi connectivity index (χ0v) is 13.7. The third-order valence-corrected chi connectivity index (χ3v) is 3.61. The Morgan fingerprint density at radius 1 is 0.545 bits per heavy atom. The first-order valence-electron chi connectivity index (χ1n) is 8.64. The van der Waals surface area contributed by atoms with Gasteiger partial charge in [-0.3, -0.25) is 9.59 Å². The third-order valence-electron chi connectivity index (χ3n) is 3.61. The molecule has 0 aromatic heterocycles. The van der Waals surface area contributed by atoms with Gasteiger partial charge in [0, 0.05) is 26.1 Å². The third kappa shape index (κ3) is 18.9. The van der Waals surface area contributed by atoms with E-state index in [1.54, 1.807) is 0 Å². The molecule has 0 aliphatic carbocycles. The number of hydrogen-bond acceptors (Lipinski definition) is 3. The SMILES string of the molecule is O=C(O)CCCCCCCCOCCCCCCCC(=O)O. The Morgan fingerprint density at radius 3 is 1.23 bits per heavy atom. The minimum absolute atomic E-state index is 0.285. The molecule has 22 heavy (non-hydrogen) atoms. The largest absolute Gasteiger partial charge is 0.481 e. The molecular weight excluding hydrogens is 284 g/mol. The van der Waals surface area contributed by atoms with Crippen molar-refractivity contribution in [2.45, 2.75) is 83.5 Å². The molecule has 130 valence electrons. The lowest BCUT2D eigenvalue weighted by Gasteiger charge is -2.04. The Balaban J connectivity index is 2.99. The zero-order valence-electron chi connectivity index (χ0n) is 13.7. The van der Waals surface area contributed by atoms with E-state index in [1.165, 1.54) is 0 Å². The first-order valence-corrected chi connectivity index (χ1v) is 8.64. The van der Waals surface area contributed by atoms with E-state index in [-0.39, 0.29) is 6.42 Å². The van der Waals surface area contributed by atoms with Gasteiger partial charge in [-0.2, -0.15) is 0 Å². The van der Waals surface area contributed by atoms with Crippen LogP contribution in [0.4, 0.5) is 0 Å². The van der Waals surface area contributed by atoms with Crippen LogP contribution in [0.3, 0.4) is 0 Å². The summed E-state index contributed by atoms with van der Waals surface area (Å²) >= 11 is 0. The van der Waals surface area contributed by atoms with E-state index in [1.807, 2.05) is 0 Å². The van der Waals surface area contributed by atoms with Crippen molar-refractivity contribution in [3.63, 3.8) is 0 Å². The summed E-state index contributed by atoms with van der Waals surface area (Å²) in [6, 6.07) is 0. The number of rotatable bonds is 17. The highest BCUT2D eigenvalue weighted by Crippen LogP contribution is 2.08. The lowest BCUT2D eigenvalue weighted by atomic mass is 10.1. The molecule has 0 spiro atoms. The summed E-state index contributed by atoms with van der Waals surface area (Å²) in [4.78, 5) is 20.6. The molecule has 0 saturated heterocycles. The summed E-state index contributed by atoms with van der Waals surface area (Å²) in [6.45, 7) is 1.62. The smallest absolute Gasteiger partial charge is 0.303 e. The highest BCUT2D eigenvalue weighted by molar-refractivity contribution is 5.66. The van der Waals surface area contributed by atoms with Crippen molar-refractivity contribution in [2.24, 2.45) is 0 Å². The number of carboxylic acids is 2. The topological polar surface area (TPSA) is 83.8 Å². The van der Waals surface area contributed by atoms with Crippen LogP contribution in [0, 0.1) is 0 Å². The maximum atomic E-state index is 10.3. The molecule has 2 N–H and O–H groups in total. The standard InChI is InChI=1S/C17H32O5/c18-16(19)12-8-4-1-2-6-10-14-22-15-11-7-3-5-9-13-17(20)21/h1-15H2,(H,18,19)(H,20,21). The summed E-state index contributed by atoms with van der Waals surface area (Å²) in [5.74, 6) is -1.40. The minimum atomic E-state index is -0.704. The molecule has 0 radical (unpaired) electrons. The number of aliphatic carboxylic acids is 2. The minimum Gasteiger partial charge on any atom is -0.481 e. The molecular formula is C17H32O5. The number of carboxylic acid groups (broad SMARTS) is 2. The fourth-order valence-electron chi connectivity index (χ4n) is 2.30. The molecule has 0 amide bonds. The van der Waals surface area contributed by atoms with Crippen LogP contribution in [0.5, 0.6) is 0 Å². The van der Waals surface area contributed by atoms with Crippen molar-refractivity contribution in [2.75, 3.05) is 13.2 Å². The van der Waals surface area contributed by atoms with Gasteiger partial charge in [-0.25, -0.2) is 0 Å². The normalized spacial score (nSPS) is 10.7. The van der Waals surface area contributed by atoms with Gasteiger partial charge in [0.15, 0.2) is 0 Å². The van der Waals surface area contributed by atoms with E-state index in [0.717, 1.165) is 83.8 Å². The molecule has 0 atom stereocenters. The first kappa shape index (κ1) is 20.9. The molecule has 0 bridgehead atoms. The van der Waals surface area contributed by atoms with Crippen LogP contribution in [-0.4, -0.2) is 35.4 Å². The first-order chi connectivity index (χ1) is 10.6. The van der Waals surface area contributed by atoms with E-state index in [2.05, 4.69) is 0 Å². The summed E-state index contributed by atoms with van der Waals surface area (Å²) in [5.41, 5.74) is 0. The molecule has 0 saturated carbocycles. The van der Waals surface area contributed by atoms with E-state index in [0.29, 0.717) is 6.42 Å². The highest BCUT2D eigenvalue weighted by atomic mass is 16.5. The van der Waals surface area contributed by atoms with E-state index in [9.17, 15) is 9.59 Å². The molecule has 0 heterocycles. The molecule has 0 unspecified atom stereocenters. The predicted molar refractivity (Wildman–Crippen MR) is 86.1 cm³/mol. The second-order valence-electron chi connectivity index (χ2n) is 5.79. The summed E-state index contributed by atoms with van der Waals surface area (Å²) < 4.78 is 5.57. The van der Waals surface area contributed by atoms with Gasteiger partial charge in [0.25, 0.3) is 0 Å². The molecule has 0 aliphatic heterocycles. The van der Waals surface area contributed by atoms with Gasteiger partial charge < -0.3 is 14.9 Å². The lowest BCUT2D eigenvalue weighted by Crippen LogP contribution is -1.98. The maximum Gasteiger partial charge on any atom is 0.303 e. The molecule has 5 heteroatoms. The van der Waals surface area contributed by atoms with Crippen molar-refractivity contribution < 1.29 is 24.5 Å². The van der Waals surface area contributed by atoms with Crippen LogP contribution in [0.25, 0.3) is 0 Å². The maximum absolute atomic E-state index is 10.3. The number of ether oxygens (including phenoxy) is 1. The van der Waals surface area contributed by atoms with Gasteiger partial charge in [-0.15, -0.1) is 0 Å². The summed E-state index contributed by atoms with van der Waals surface area (Å²) in [5, 5.41) is 17.0. The molecule has 0 rings (SSSR count). The Labute approximate surface area is 134 Å². The second kappa shape index (κ2) is 16.3. The number of carbonyl (C=O) groups is 2. The molecule has 0 aromatic rings. The molecule has 0 aromatic carbocycles. The van der Waals surface area contributed by atoms with Gasteiger partial charge in [0.2, 0.25) is 0 Å². The van der Waals surface area contributed by atoms with Crippen LogP contribution in [0.15, 0.2) is 0 Å². The van der Waals surface area contributed by atoms with Crippen LogP contribution in [-0.2, 0) is 14.3 Å². The average molecular weight is 316 g/mol. The van der Waals surface area contributed by atoms with E-state index >= 15 is 0 Å². The second-order valence-corrected chi connectivity index (χ2v) is 5.79. The van der Waals surface area contributed by atoms with Crippen molar-refractivity contribution in [3.8, 4) is 0 Å². The van der Waals surface area contributed by atoms with Crippen molar-refractivity contribution in [3.05, 3.63) is 0 Å².